The van der Waals surface area contributed by atoms with E-state index in [1.54, 1.807) is 11.3 Å². The lowest BCUT2D eigenvalue weighted by atomic mass is 9.97. The molecule has 2 aromatic rings. The van der Waals surface area contributed by atoms with Crippen molar-refractivity contribution in [2.45, 2.75) is 45.1 Å². The Morgan fingerprint density at radius 2 is 2.08 bits per heavy atom. The van der Waals surface area contributed by atoms with E-state index in [2.05, 4.69) is 19.2 Å². The van der Waals surface area contributed by atoms with Crippen LogP contribution in [-0.4, -0.2) is 28.9 Å². The van der Waals surface area contributed by atoms with E-state index in [0.717, 1.165) is 42.8 Å². The van der Waals surface area contributed by atoms with E-state index < -0.39 is 0 Å². The fraction of sp³-hybridized carbons (Fsp3) is 0.474. The summed E-state index contributed by atoms with van der Waals surface area (Å²) in [4.78, 5) is 19.5. The zero-order valence-corrected chi connectivity index (χ0v) is 16.4. The molecular weight excluding hydrogens is 354 g/mol. The fourth-order valence-corrected chi connectivity index (χ4v) is 4.19. The van der Waals surface area contributed by atoms with Crippen LogP contribution in [-0.2, 0) is 6.54 Å². The molecule has 1 aromatic heterocycles. The number of thiazole rings is 1. The van der Waals surface area contributed by atoms with Crippen molar-refractivity contribution in [3.8, 4) is 0 Å². The molecule has 0 aliphatic carbocycles. The molecule has 0 saturated carbocycles. The molecule has 0 spiro atoms. The Kier molecular flexibility index (Phi) is 6.99. The lowest BCUT2D eigenvalue weighted by molar-refractivity contribution is 0.0707. The molecule has 1 aromatic carbocycles. The van der Waals surface area contributed by atoms with Crippen molar-refractivity contribution < 1.29 is 4.79 Å². The summed E-state index contributed by atoms with van der Waals surface area (Å²) >= 11 is 1.74. The predicted octanol–water partition coefficient (Wildman–Crippen LogP) is 4.17. The number of amides is 1. The molecular formula is C19H26ClN3OS. The maximum atomic E-state index is 12.8. The molecule has 2 heterocycles. The van der Waals surface area contributed by atoms with Gasteiger partial charge in [-0.3, -0.25) is 4.79 Å². The van der Waals surface area contributed by atoms with E-state index in [9.17, 15) is 4.79 Å². The largest absolute Gasteiger partial charge is 0.338 e. The smallest absolute Gasteiger partial charge is 0.253 e. The van der Waals surface area contributed by atoms with Crippen molar-refractivity contribution in [3.05, 3.63) is 51.5 Å². The quantitative estimate of drug-likeness (QED) is 0.867. The molecule has 1 amide bonds. The highest BCUT2D eigenvalue weighted by Crippen LogP contribution is 2.31. The van der Waals surface area contributed by atoms with Crippen LogP contribution in [0.15, 0.2) is 29.6 Å². The Balaban J connectivity index is 0.00000225. The van der Waals surface area contributed by atoms with Gasteiger partial charge in [-0.15, -0.1) is 23.7 Å². The van der Waals surface area contributed by atoms with Crippen LogP contribution in [0.2, 0.25) is 0 Å². The minimum absolute atomic E-state index is 0. The summed E-state index contributed by atoms with van der Waals surface area (Å²) < 4.78 is 0. The number of carbonyl (C=O) groups is 1. The fourth-order valence-electron chi connectivity index (χ4n) is 3.08. The highest BCUT2D eigenvalue weighted by Gasteiger charge is 2.27. The number of likely N-dealkylation sites (tertiary alicyclic amines) is 1. The first-order valence-electron chi connectivity index (χ1n) is 8.62. The van der Waals surface area contributed by atoms with Crippen molar-refractivity contribution in [2.75, 3.05) is 13.1 Å². The Labute approximate surface area is 159 Å². The third kappa shape index (κ3) is 4.60. The zero-order chi connectivity index (χ0) is 17.1. The summed E-state index contributed by atoms with van der Waals surface area (Å²) in [5.41, 5.74) is 8.58. The van der Waals surface area contributed by atoms with E-state index in [1.807, 2.05) is 29.2 Å². The number of nitrogens with two attached hydrogens (primary N) is 1. The molecule has 2 N–H and O–H groups in total. The third-order valence-corrected chi connectivity index (χ3v) is 5.65. The first-order chi connectivity index (χ1) is 11.6. The number of carbonyl (C=O) groups excluding carboxylic acids is 1. The van der Waals surface area contributed by atoms with Gasteiger partial charge in [0.05, 0.1) is 10.7 Å². The standard InChI is InChI=1S/C19H25N3OS.ClH/c1-13(2)17-12-24-18(21-17)16-4-3-9-22(11-16)19(23)15-7-5-14(10-20)6-8-15;/h5-8,12-13,16H,3-4,9-11,20H2,1-2H3;1H. The Bertz CT molecular complexity index is 699. The van der Waals surface area contributed by atoms with Crippen LogP contribution < -0.4 is 5.73 Å². The summed E-state index contributed by atoms with van der Waals surface area (Å²) in [6.07, 6.45) is 2.15. The molecule has 1 atom stereocenters. The summed E-state index contributed by atoms with van der Waals surface area (Å²) in [5.74, 6) is 0.935. The van der Waals surface area contributed by atoms with Gasteiger partial charge in [-0.05, 0) is 36.5 Å². The van der Waals surface area contributed by atoms with Gasteiger partial charge in [0.15, 0.2) is 0 Å². The molecule has 0 bridgehead atoms. The van der Waals surface area contributed by atoms with Crippen LogP contribution in [0.3, 0.4) is 0 Å². The first-order valence-corrected chi connectivity index (χ1v) is 9.50. The summed E-state index contributed by atoms with van der Waals surface area (Å²) in [7, 11) is 0. The molecule has 1 aliphatic rings. The van der Waals surface area contributed by atoms with Gasteiger partial charge in [-0.25, -0.2) is 4.98 Å². The van der Waals surface area contributed by atoms with Crippen LogP contribution in [0.1, 0.15) is 65.1 Å². The molecule has 3 rings (SSSR count). The predicted molar refractivity (Wildman–Crippen MR) is 106 cm³/mol. The summed E-state index contributed by atoms with van der Waals surface area (Å²) in [6, 6.07) is 7.64. The summed E-state index contributed by atoms with van der Waals surface area (Å²) in [6.45, 7) is 6.43. The number of aromatic nitrogens is 1. The van der Waals surface area contributed by atoms with Crippen LogP contribution in [0, 0.1) is 0 Å². The van der Waals surface area contributed by atoms with Crippen molar-refractivity contribution >= 4 is 29.7 Å². The lowest BCUT2D eigenvalue weighted by Gasteiger charge is -2.32. The first kappa shape index (κ1) is 19.9. The maximum absolute atomic E-state index is 12.8. The number of benzene rings is 1. The monoisotopic (exact) mass is 379 g/mol. The molecule has 4 nitrogen and oxygen atoms in total. The molecule has 1 unspecified atom stereocenters. The van der Waals surface area contributed by atoms with Crippen LogP contribution in [0.25, 0.3) is 0 Å². The highest BCUT2D eigenvalue weighted by molar-refractivity contribution is 7.09. The van der Waals surface area contributed by atoms with Crippen LogP contribution in [0.5, 0.6) is 0 Å². The number of nitrogens with zero attached hydrogens (tertiary/aromatic N) is 2. The van der Waals surface area contributed by atoms with Gasteiger partial charge in [0.2, 0.25) is 0 Å². The van der Waals surface area contributed by atoms with Gasteiger partial charge in [0.1, 0.15) is 0 Å². The van der Waals surface area contributed by atoms with Crippen molar-refractivity contribution in [3.63, 3.8) is 0 Å². The molecule has 136 valence electrons. The van der Waals surface area contributed by atoms with Gasteiger partial charge in [0.25, 0.3) is 5.91 Å². The minimum Gasteiger partial charge on any atom is -0.338 e. The topological polar surface area (TPSA) is 59.2 Å². The van der Waals surface area contributed by atoms with E-state index in [-0.39, 0.29) is 18.3 Å². The van der Waals surface area contributed by atoms with Gasteiger partial charge < -0.3 is 10.6 Å². The highest BCUT2D eigenvalue weighted by atomic mass is 35.5. The van der Waals surface area contributed by atoms with E-state index >= 15 is 0 Å². The van der Waals surface area contributed by atoms with E-state index in [1.165, 1.54) is 5.01 Å². The molecule has 6 heteroatoms. The number of hydrogen-bond acceptors (Lipinski definition) is 4. The molecule has 25 heavy (non-hydrogen) atoms. The van der Waals surface area contributed by atoms with Crippen molar-refractivity contribution in [2.24, 2.45) is 5.73 Å². The van der Waals surface area contributed by atoms with Gasteiger partial charge in [-0.1, -0.05) is 26.0 Å². The number of hydrogen-bond donors (Lipinski definition) is 1. The van der Waals surface area contributed by atoms with E-state index in [0.29, 0.717) is 18.4 Å². The second-order valence-electron chi connectivity index (χ2n) is 6.76. The Morgan fingerprint density at radius 3 is 2.68 bits per heavy atom. The molecule has 1 aliphatic heterocycles. The SMILES string of the molecule is CC(C)c1csc(C2CCCN(C(=O)c3ccc(CN)cc3)C2)n1.Cl. The summed E-state index contributed by atoms with van der Waals surface area (Å²) in [5, 5.41) is 3.33. The Hall–Kier alpha value is -1.43. The average Bonchev–Trinajstić information content (AvgIpc) is 3.12. The van der Waals surface area contributed by atoms with Gasteiger partial charge in [-0.2, -0.15) is 0 Å². The number of rotatable bonds is 4. The average molecular weight is 380 g/mol. The Morgan fingerprint density at radius 1 is 1.36 bits per heavy atom. The van der Waals surface area contributed by atoms with Crippen LogP contribution in [0.4, 0.5) is 0 Å². The lowest BCUT2D eigenvalue weighted by Crippen LogP contribution is -2.39. The maximum Gasteiger partial charge on any atom is 0.253 e. The molecule has 1 fully saturated rings. The van der Waals surface area contributed by atoms with Gasteiger partial charge >= 0.3 is 0 Å². The number of halogens is 1. The van der Waals surface area contributed by atoms with Crippen molar-refractivity contribution in [1.82, 2.24) is 9.88 Å². The van der Waals surface area contributed by atoms with Crippen molar-refractivity contribution in [1.29, 1.82) is 0 Å². The molecule has 1 saturated heterocycles. The minimum atomic E-state index is 0. The third-order valence-electron chi connectivity index (χ3n) is 4.63. The second-order valence-corrected chi connectivity index (χ2v) is 7.65. The normalized spacial score (nSPS) is 17.4. The van der Waals surface area contributed by atoms with Gasteiger partial charge in [0, 0.05) is 36.5 Å². The molecule has 0 radical (unpaired) electrons. The number of piperidine rings is 1. The zero-order valence-electron chi connectivity index (χ0n) is 14.8. The second kappa shape index (κ2) is 8.79. The van der Waals surface area contributed by atoms with E-state index in [4.69, 9.17) is 10.7 Å². The van der Waals surface area contributed by atoms with Crippen LogP contribution >= 0.6 is 23.7 Å².